The SMILES string of the molecule is CNCC#Cc1cc(C(F)(F)F)cnc1Cl. The van der Waals surface area contributed by atoms with Crippen LogP contribution in [0, 0.1) is 11.8 Å². The third-order valence-electron chi connectivity index (χ3n) is 1.65. The number of nitrogens with zero attached hydrogens (tertiary/aromatic N) is 1. The Labute approximate surface area is 95.8 Å². The minimum absolute atomic E-state index is 0.0309. The molecule has 1 rings (SSSR count). The van der Waals surface area contributed by atoms with Gasteiger partial charge in [0, 0.05) is 6.20 Å². The van der Waals surface area contributed by atoms with E-state index in [4.69, 9.17) is 11.6 Å². The van der Waals surface area contributed by atoms with Crippen molar-refractivity contribution in [1.29, 1.82) is 0 Å². The molecule has 0 amide bonds. The first-order valence-corrected chi connectivity index (χ1v) is 4.69. The second kappa shape index (κ2) is 5.19. The molecule has 0 aromatic carbocycles. The Morgan fingerprint density at radius 3 is 2.75 bits per heavy atom. The number of pyridine rings is 1. The Hall–Kier alpha value is -1.25. The van der Waals surface area contributed by atoms with E-state index in [1.165, 1.54) is 0 Å². The molecule has 2 nitrogen and oxygen atoms in total. The summed E-state index contributed by atoms with van der Waals surface area (Å²) in [4.78, 5) is 3.45. The van der Waals surface area contributed by atoms with Crippen LogP contribution in [-0.2, 0) is 6.18 Å². The predicted molar refractivity (Wildman–Crippen MR) is 55.1 cm³/mol. The van der Waals surface area contributed by atoms with Crippen molar-refractivity contribution in [2.24, 2.45) is 0 Å². The fraction of sp³-hybridized carbons (Fsp3) is 0.300. The second-order valence-corrected chi connectivity index (χ2v) is 3.25. The Kier molecular flexibility index (Phi) is 4.16. The Morgan fingerprint density at radius 1 is 1.50 bits per heavy atom. The van der Waals surface area contributed by atoms with Crippen molar-refractivity contribution in [2.75, 3.05) is 13.6 Å². The van der Waals surface area contributed by atoms with Gasteiger partial charge in [-0.25, -0.2) is 4.98 Å². The molecule has 86 valence electrons. The van der Waals surface area contributed by atoms with Crippen molar-refractivity contribution in [3.63, 3.8) is 0 Å². The predicted octanol–water partition coefficient (Wildman–Crippen LogP) is 2.32. The number of aromatic nitrogens is 1. The van der Waals surface area contributed by atoms with Gasteiger partial charge >= 0.3 is 6.18 Å². The van der Waals surface area contributed by atoms with Gasteiger partial charge in [-0.2, -0.15) is 13.2 Å². The molecule has 0 fully saturated rings. The molecular formula is C10H8ClF3N2. The Bertz CT molecular complexity index is 432. The number of alkyl halides is 3. The zero-order valence-electron chi connectivity index (χ0n) is 8.32. The molecule has 0 radical (unpaired) electrons. The van der Waals surface area contributed by atoms with Gasteiger partial charge in [0.1, 0.15) is 5.15 Å². The van der Waals surface area contributed by atoms with Gasteiger partial charge in [0.15, 0.2) is 0 Å². The topological polar surface area (TPSA) is 24.9 Å². The molecule has 0 aliphatic carbocycles. The summed E-state index contributed by atoms with van der Waals surface area (Å²) in [6, 6.07) is 0.887. The van der Waals surface area contributed by atoms with Gasteiger partial charge in [0.05, 0.1) is 17.7 Å². The highest BCUT2D eigenvalue weighted by molar-refractivity contribution is 6.30. The molecule has 0 atom stereocenters. The highest BCUT2D eigenvalue weighted by Gasteiger charge is 2.31. The van der Waals surface area contributed by atoms with Crippen LogP contribution in [0.5, 0.6) is 0 Å². The van der Waals surface area contributed by atoms with Crippen molar-refractivity contribution in [3.8, 4) is 11.8 Å². The minimum Gasteiger partial charge on any atom is -0.309 e. The number of nitrogens with one attached hydrogen (secondary N) is 1. The first-order valence-electron chi connectivity index (χ1n) is 4.31. The third-order valence-corrected chi connectivity index (χ3v) is 1.96. The van der Waals surface area contributed by atoms with Crippen LogP contribution in [-0.4, -0.2) is 18.6 Å². The summed E-state index contributed by atoms with van der Waals surface area (Å²) >= 11 is 5.62. The minimum atomic E-state index is -4.43. The summed E-state index contributed by atoms with van der Waals surface area (Å²) in [6.07, 6.45) is -3.75. The monoisotopic (exact) mass is 248 g/mol. The summed E-state index contributed by atoms with van der Waals surface area (Å²) in [6.45, 7) is 0.368. The van der Waals surface area contributed by atoms with Gasteiger partial charge in [-0.1, -0.05) is 23.4 Å². The highest BCUT2D eigenvalue weighted by atomic mass is 35.5. The average molecular weight is 249 g/mol. The zero-order chi connectivity index (χ0) is 12.2. The lowest BCUT2D eigenvalue weighted by atomic mass is 10.2. The molecule has 1 heterocycles. The van der Waals surface area contributed by atoms with Crippen LogP contribution in [0.3, 0.4) is 0 Å². The lowest BCUT2D eigenvalue weighted by molar-refractivity contribution is -0.137. The molecule has 0 aliphatic rings. The van der Waals surface area contributed by atoms with E-state index < -0.39 is 11.7 Å². The Morgan fingerprint density at radius 2 is 2.19 bits per heavy atom. The fourth-order valence-corrected chi connectivity index (χ4v) is 1.07. The van der Waals surface area contributed by atoms with Crippen LogP contribution >= 0.6 is 11.6 Å². The van der Waals surface area contributed by atoms with Gasteiger partial charge in [0.25, 0.3) is 0 Å². The van der Waals surface area contributed by atoms with Crippen molar-refractivity contribution in [2.45, 2.75) is 6.18 Å². The number of hydrogen-bond donors (Lipinski definition) is 1. The lowest BCUT2D eigenvalue weighted by Crippen LogP contribution is -2.06. The van der Waals surface area contributed by atoms with Gasteiger partial charge < -0.3 is 5.32 Å². The highest BCUT2D eigenvalue weighted by Crippen LogP contribution is 2.30. The van der Waals surface area contributed by atoms with Crippen LogP contribution in [0.25, 0.3) is 0 Å². The van der Waals surface area contributed by atoms with Crippen molar-refractivity contribution in [3.05, 3.63) is 28.5 Å². The zero-order valence-corrected chi connectivity index (χ0v) is 9.08. The number of rotatable bonds is 1. The maximum Gasteiger partial charge on any atom is 0.417 e. The van der Waals surface area contributed by atoms with Crippen LogP contribution < -0.4 is 5.32 Å². The summed E-state index contributed by atoms with van der Waals surface area (Å²) < 4.78 is 37.0. The van der Waals surface area contributed by atoms with Gasteiger partial charge in [0.2, 0.25) is 0 Å². The molecule has 0 saturated carbocycles. The normalized spacial score (nSPS) is 10.8. The molecule has 0 bridgehead atoms. The van der Waals surface area contributed by atoms with E-state index in [0.29, 0.717) is 12.7 Å². The molecule has 0 spiro atoms. The van der Waals surface area contributed by atoms with Gasteiger partial charge in [-0.3, -0.25) is 0 Å². The first-order chi connectivity index (χ1) is 7.45. The molecule has 16 heavy (non-hydrogen) atoms. The molecular weight excluding hydrogens is 241 g/mol. The van der Waals surface area contributed by atoms with Gasteiger partial charge in [-0.05, 0) is 13.1 Å². The van der Waals surface area contributed by atoms with E-state index in [2.05, 4.69) is 22.1 Å². The van der Waals surface area contributed by atoms with Crippen molar-refractivity contribution >= 4 is 11.6 Å². The van der Waals surface area contributed by atoms with Crippen LogP contribution in [0.2, 0.25) is 5.15 Å². The molecule has 0 saturated heterocycles. The fourth-order valence-electron chi connectivity index (χ4n) is 0.919. The van der Waals surface area contributed by atoms with Crippen molar-refractivity contribution in [1.82, 2.24) is 10.3 Å². The van der Waals surface area contributed by atoms with E-state index >= 15 is 0 Å². The quantitative estimate of drug-likeness (QED) is 0.609. The van der Waals surface area contributed by atoms with E-state index in [1.807, 2.05) is 0 Å². The largest absolute Gasteiger partial charge is 0.417 e. The molecule has 0 unspecified atom stereocenters. The molecule has 6 heteroatoms. The standard InChI is InChI=1S/C10H8ClF3N2/c1-15-4-2-3-7-5-8(10(12,13)14)6-16-9(7)11/h5-6,15H,4H2,1H3. The number of hydrogen-bond acceptors (Lipinski definition) is 2. The van der Waals surface area contributed by atoms with Crippen LogP contribution in [0.4, 0.5) is 13.2 Å². The second-order valence-electron chi connectivity index (χ2n) is 2.89. The summed E-state index contributed by atoms with van der Waals surface area (Å²) in [5.41, 5.74) is -0.780. The summed E-state index contributed by atoms with van der Waals surface area (Å²) in [5.74, 6) is 5.14. The summed E-state index contributed by atoms with van der Waals surface area (Å²) in [7, 11) is 1.68. The van der Waals surface area contributed by atoms with E-state index in [9.17, 15) is 13.2 Å². The number of halogens is 4. The van der Waals surface area contributed by atoms with E-state index in [-0.39, 0.29) is 10.7 Å². The molecule has 0 aliphatic heterocycles. The Balaban J connectivity index is 3.06. The van der Waals surface area contributed by atoms with Crippen molar-refractivity contribution < 1.29 is 13.2 Å². The molecule has 1 aromatic heterocycles. The van der Waals surface area contributed by atoms with Crippen LogP contribution in [0.1, 0.15) is 11.1 Å². The van der Waals surface area contributed by atoms with Gasteiger partial charge in [-0.15, -0.1) is 0 Å². The van der Waals surface area contributed by atoms with E-state index in [0.717, 1.165) is 6.07 Å². The average Bonchev–Trinajstić information content (AvgIpc) is 2.19. The lowest BCUT2D eigenvalue weighted by Gasteiger charge is -2.06. The third kappa shape index (κ3) is 3.40. The smallest absolute Gasteiger partial charge is 0.309 e. The molecule has 1 N–H and O–H groups in total. The maximum absolute atomic E-state index is 12.3. The summed E-state index contributed by atoms with van der Waals surface area (Å²) in [5, 5.41) is 2.71. The first kappa shape index (κ1) is 12.8. The maximum atomic E-state index is 12.3. The van der Waals surface area contributed by atoms with Crippen LogP contribution in [0.15, 0.2) is 12.3 Å². The molecule has 1 aromatic rings. The van der Waals surface area contributed by atoms with E-state index in [1.54, 1.807) is 7.05 Å².